The SMILES string of the molecule is C[C@H](CCO)c1ccc(N2CCCC2)cc1. The van der Waals surface area contributed by atoms with Crippen LogP contribution in [-0.4, -0.2) is 24.8 Å². The number of rotatable bonds is 4. The molecule has 1 saturated heterocycles. The third-order valence-corrected chi connectivity index (χ3v) is 3.50. The third kappa shape index (κ3) is 2.56. The maximum atomic E-state index is 8.92. The Hall–Kier alpha value is -1.02. The van der Waals surface area contributed by atoms with E-state index in [9.17, 15) is 0 Å². The molecule has 1 fully saturated rings. The minimum absolute atomic E-state index is 0.273. The van der Waals surface area contributed by atoms with Crippen molar-refractivity contribution in [2.45, 2.75) is 32.1 Å². The average Bonchev–Trinajstić information content (AvgIpc) is 2.83. The summed E-state index contributed by atoms with van der Waals surface area (Å²) in [6, 6.07) is 8.84. The van der Waals surface area contributed by atoms with Gasteiger partial charge >= 0.3 is 0 Å². The lowest BCUT2D eigenvalue weighted by Crippen LogP contribution is -2.17. The maximum Gasteiger partial charge on any atom is 0.0436 e. The van der Waals surface area contributed by atoms with Crippen molar-refractivity contribution in [1.29, 1.82) is 0 Å². The zero-order chi connectivity index (χ0) is 11.4. The van der Waals surface area contributed by atoms with Gasteiger partial charge in [0.1, 0.15) is 0 Å². The molecule has 2 rings (SSSR count). The number of aliphatic hydroxyl groups excluding tert-OH is 1. The monoisotopic (exact) mass is 219 g/mol. The van der Waals surface area contributed by atoms with Crippen molar-refractivity contribution in [3.63, 3.8) is 0 Å². The second kappa shape index (κ2) is 5.35. The molecule has 0 radical (unpaired) electrons. The molecule has 0 aliphatic carbocycles. The van der Waals surface area contributed by atoms with Crippen LogP contribution in [0.5, 0.6) is 0 Å². The number of hydrogen-bond donors (Lipinski definition) is 1. The lowest BCUT2D eigenvalue weighted by Gasteiger charge is -2.18. The highest BCUT2D eigenvalue weighted by molar-refractivity contribution is 5.48. The number of benzene rings is 1. The molecule has 1 aliphatic heterocycles. The Balaban J connectivity index is 2.03. The first kappa shape index (κ1) is 11.5. The Kier molecular flexibility index (Phi) is 3.83. The van der Waals surface area contributed by atoms with Crippen molar-refractivity contribution in [2.24, 2.45) is 0 Å². The molecule has 16 heavy (non-hydrogen) atoms. The molecule has 0 saturated carbocycles. The van der Waals surface area contributed by atoms with E-state index in [2.05, 4.69) is 36.1 Å². The fourth-order valence-corrected chi connectivity index (χ4v) is 2.35. The molecule has 0 bridgehead atoms. The van der Waals surface area contributed by atoms with Crippen LogP contribution in [0.3, 0.4) is 0 Å². The van der Waals surface area contributed by atoms with E-state index in [1.54, 1.807) is 0 Å². The highest BCUT2D eigenvalue weighted by Crippen LogP contribution is 2.24. The summed E-state index contributed by atoms with van der Waals surface area (Å²) in [6.45, 7) is 4.84. The summed E-state index contributed by atoms with van der Waals surface area (Å²) in [4.78, 5) is 2.44. The molecule has 1 aromatic rings. The van der Waals surface area contributed by atoms with E-state index in [0.29, 0.717) is 5.92 Å². The Morgan fingerprint density at radius 1 is 1.19 bits per heavy atom. The highest BCUT2D eigenvalue weighted by atomic mass is 16.3. The van der Waals surface area contributed by atoms with Crippen LogP contribution in [0, 0.1) is 0 Å². The van der Waals surface area contributed by atoms with Crippen molar-refractivity contribution < 1.29 is 5.11 Å². The Bertz CT molecular complexity index is 314. The van der Waals surface area contributed by atoms with Crippen LogP contribution in [-0.2, 0) is 0 Å². The maximum absolute atomic E-state index is 8.92. The van der Waals surface area contributed by atoms with Gasteiger partial charge in [0, 0.05) is 25.4 Å². The second-order valence-corrected chi connectivity index (χ2v) is 4.70. The Labute approximate surface area is 97.9 Å². The van der Waals surface area contributed by atoms with Crippen LogP contribution in [0.15, 0.2) is 24.3 Å². The number of anilines is 1. The first-order valence-corrected chi connectivity index (χ1v) is 6.27. The smallest absolute Gasteiger partial charge is 0.0436 e. The number of nitrogens with zero attached hydrogens (tertiary/aromatic N) is 1. The standard InChI is InChI=1S/C14H21NO/c1-12(8-11-16)13-4-6-14(7-5-13)15-9-2-3-10-15/h4-7,12,16H,2-3,8-11H2,1H3/t12-/m1/s1. The summed E-state index contributed by atoms with van der Waals surface area (Å²) >= 11 is 0. The Morgan fingerprint density at radius 3 is 2.38 bits per heavy atom. The summed E-state index contributed by atoms with van der Waals surface area (Å²) in [7, 11) is 0. The second-order valence-electron chi connectivity index (χ2n) is 4.70. The molecular formula is C14H21NO. The zero-order valence-electron chi connectivity index (χ0n) is 10.0. The van der Waals surface area contributed by atoms with Crippen molar-refractivity contribution in [3.05, 3.63) is 29.8 Å². The van der Waals surface area contributed by atoms with Crippen molar-refractivity contribution in [2.75, 3.05) is 24.6 Å². The van der Waals surface area contributed by atoms with E-state index in [1.165, 1.54) is 37.2 Å². The molecule has 1 aliphatic rings. The minimum atomic E-state index is 0.273. The third-order valence-electron chi connectivity index (χ3n) is 3.50. The van der Waals surface area contributed by atoms with Crippen LogP contribution in [0.4, 0.5) is 5.69 Å². The molecule has 1 atom stereocenters. The topological polar surface area (TPSA) is 23.5 Å². The van der Waals surface area contributed by atoms with Gasteiger partial charge < -0.3 is 10.0 Å². The van der Waals surface area contributed by atoms with Gasteiger partial charge in [-0.05, 0) is 42.9 Å². The van der Waals surface area contributed by atoms with E-state index in [0.717, 1.165) is 6.42 Å². The number of aliphatic hydroxyl groups is 1. The van der Waals surface area contributed by atoms with Crippen LogP contribution < -0.4 is 4.90 Å². The molecule has 1 heterocycles. The lowest BCUT2D eigenvalue weighted by atomic mass is 9.98. The van der Waals surface area contributed by atoms with Crippen LogP contribution in [0.25, 0.3) is 0 Å². The predicted octanol–water partition coefficient (Wildman–Crippen LogP) is 2.77. The van der Waals surface area contributed by atoms with Gasteiger partial charge in [-0.1, -0.05) is 19.1 Å². The summed E-state index contributed by atoms with van der Waals surface area (Å²) in [5.41, 5.74) is 2.68. The molecule has 2 nitrogen and oxygen atoms in total. The van der Waals surface area contributed by atoms with Crippen molar-refractivity contribution in [3.8, 4) is 0 Å². The first-order valence-electron chi connectivity index (χ1n) is 6.27. The molecular weight excluding hydrogens is 198 g/mol. The fourth-order valence-electron chi connectivity index (χ4n) is 2.35. The van der Waals surface area contributed by atoms with Gasteiger partial charge in [-0.3, -0.25) is 0 Å². The molecule has 1 aromatic carbocycles. The van der Waals surface area contributed by atoms with E-state index in [-0.39, 0.29) is 6.61 Å². The van der Waals surface area contributed by atoms with E-state index < -0.39 is 0 Å². The summed E-state index contributed by atoms with van der Waals surface area (Å²) in [5.74, 6) is 0.456. The molecule has 1 N–H and O–H groups in total. The van der Waals surface area contributed by atoms with E-state index >= 15 is 0 Å². The lowest BCUT2D eigenvalue weighted by molar-refractivity contribution is 0.278. The van der Waals surface area contributed by atoms with E-state index in [4.69, 9.17) is 5.11 Å². The average molecular weight is 219 g/mol. The van der Waals surface area contributed by atoms with Gasteiger partial charge in [0.05, 0.1) is 0 Å². The van der Waals surface area contributed by atoms with Gasteiger partial charge in [-0.15, -0.1) is 0 Å². The fraction of sp³-hybridized carbons (Fsp3) is 0.571. The van der Waals surface area contributed by atoms with Crippen LogP contribution >= 0.6 is 0 Å². The van der Waals surface area contributed by atoms with Crippen LogP contribution in [0.2, 0.25) is 0 Å². The summed E-state index contributed by atoms with van der Waals surface area (Å²) < 4.78 is 0. The predicted molar refractivity (Wildman–Crippen MR) is 68.0 cm³/mol. The van der Waals surface area contributed by atoms with Gasteiger partial charge in [-0.2, -0.15) is 0 Å². The largest absolute Gasteiger partial charge is 0.396 e. The van der Waals surface area contributed by atoms with Gasteiger partial charge in [0.2, 0.25) is 0 Å². The molecule has 0 amide bonds. The normalized spacial score (nSPS) is 17.8. The molecule has 0 spiro atoms. The molecule has 2 heteroatoms. The van der Waals surface area contributed by atoms with Gasteiger partial charge in [0.25, 0.3) is 0 Å². The van der Waals surface area contributed by atoms with Crippen LogP contribution in [0.1, 0.15) is 37.7 Å². The quantitative estimate of drug-likeness (QED) is 0.841. The minimum Gasteiger partial charge on any atom is -0.396 e. The highest BCUT2D eigenvalue weighted by Gasteiger charge is 2.12. The molecule has 88 valence electrons. The van der Waals surface area contributed by atoms with Crippen molar-refractivity contribution >= 4 is 5.69 Å². The van der Waals surface area contributed by atoms with E-state index in [1.807, 2.05) is 0 Å². The molecule has 0 unspecified atom stereocenters. The molecule has 0 aromatic heterocycles. The van der Waals surface area contributed by atoms with Gasteiger partial charge in [0.15, 0.2) is 0 Å². The Morgan fingerprint density at radius 2 is 1.81 bits per heavy atom. The summed E-state index contributed by atoms with van der Waals surface area (Å²) in [6.07, 6.45) is 3.49. The zero-order valence-corrected chi connectivity index (χ0v) is 10.0. The number of hydrogen-bond acceptors (Lipinski definition) is 2. The summed E-state index contributed by atoms with van der Waals surface area (Å²) in [5, 5.41) is 8.92. The van der Waals surface area contributed by atoms with Gasteiger partial charge in [-0.25, -0.2) is 0 Å². The van der Waals surface area contributed by atoms with Crippen molar-refractivity contribution in [1.82, 2.24) is 0 Å². The first-order chi connectivity index (χ1) is 7.81.